The molecule has 3 rings (SSSR count). The number of hydrogen-bond donors (Lipinski definition) is 0. The number of hydrogen-bond acceptors (Lipinski definition) is 4. The van der Waals surface area contributed by atoms with Gasteiger partial charge in [-0.1, -0.05) is 20.8 Å². The van der Waals surface area contributed by atoms with Crippen molar-refractivity contribution in [2.75, 3.05) is 25.1 Å². The van der Waals surface area contributed by atoms with Gasteiger partial charge in [0.25, 0.3) is 0 Å². The topological polar surface area (TPSA) is 15.7 Å². The van der Waals surface area contributed by atoms with Crippen LogP contribution in [0.15, 0.2) is 41.3 Å². The van der Waals surface area contributed by atoms with E-state index < -0.39 is 29.5 Å². The number of ether oxygens (including phenoxy) is 1. The second kappa shape index (κ2) is 10.1. The highest BCUT2D eigenvalue weighted by Gasteiger charge is 2.41. The lowest BCUT2D eigenvalue weighted by atomic mass is 9.94. The highest BCUT2D eigenvalue weighted by atomic mass is 32.2. The van der Waals surface area contributed by atoms with Crippen LogP contribution in [0.2, 0.25) is 0 Å². The molecule has 1 aliphatic heterocycles. The lowest BCUT2D eigenvalue weighted by Crippen LogP contribution is -2.47. The zero-order valence-corrected chi connectivity index (χ0v) is 21.2. The van der Waals surface area contributed by atoms with Crippen molar-refractivity contribution in [3.05, 3.63) is 47.8 Å². The summed E-state index contributed by atoms with van der Waals surface area (Å²) < 4.78 is 89.6. The Labute approximate surface area is 206 Å². The average molecular weight is 521 g/mol. The summed E-state index contributed by atoms with van der Waals surface area (Å²) in [5.74, 6) is -0.778. The van der Waals surface area contributed by atoms with Crippen LogP contribution in [0.25, 0.3) is 0 Å². The van der Waals surface area contributed by atoms with Gasteiger partial charge in [0, 0.05) is 24.2 Å². The van der Waals surface area contributed by atoms with Crippen molar-refractivity contribution in [3.63, 3.8) is 0 Å². The normalized spacial score (nSPS) is 19.6. The summed E-state index contributed by atoms with van der Waals surface area (Å²) in [4.78, 5) is 2.12. The second-order valence-corrected chi connectivity index (χ2v) is 11.4. The molecule has 2 aromatic rings. The Kier molecular flexibility index (Phi) is 7.96. The van der Waals surface area contributed by atoms with Gasteiger partial charge in [0.15, 0.2) is 0 Å². The summed E-state index contributed by atoms with van der Waals surface area (Å²) in [6.45, 7) is 7.57. The molecule has 0 bridgehead atoms. The van der Waals surface area contributed by atoms with E-state index in [1.54, 1.807) is 23.2 Å². The Bertz CT molecular complexity index is 1020. The van der Waals surface area contributed by atoms with Crippen LogP contribution in [0.5, 0.6) is 5.75 Å². The molecule has 0 amide bonds. The number of fused-ring (bicyclic) bond motifs is 1. The van der Waals surface area contributed by atoms with Gasteiger partial charge in [0.1, 0.15) is 11.6 Å². The number of halogens is 6. The van der Waals surface area contributed by atoms with Crippen LogP contribution in [0.3, 0.4) is 0 Å². The molecule has 10 heteroatoms. The van der Waals surface area contributed by atoms with Gasteiger partial charge in [-0.25, -0.2) is 17.5 Å². The molecule has 0 fully saturated rings. The predicted molar refractivity (Wildman–Crippen MR) is 127 cm³/mol. The average Bonchev–Trinajstić information content (AvgIpc) is 2.84. The number of alkyl halides is 5. The Morgan fingerprint density at radius 1 is 1.09 bits per heavy atom. The van der Waals surface area contributed by atoms with E-state index in [1.165, 1.54) is 42.3 Å². The zero-order valence-electron chi connectivity index (χ0n) is 20.3. The lowest BCUT2D eigenvalue weighted by molar-refractivity contribution is -0.139. The van der Waals surface area contributed by atoms with Crippen molar-refractivity contribution in [2.45, 2.75) is 63.6 Å². The van der Waals surface area contributed by atoms with E-state index in [0.29, 0.717) is 10.6 Å². The maximum atomic E-state index is 14.1. The zero-order chi connectivity index (χ0) is 26.2. The van der Waals surface area contributed by atoms with E-state index in [4.69, 9.17) is 4.74 Å². The fourth-order valence-electron chi connectivity index (χ4n) is 3.76. The molecular weight excluding hydrogens is 490 g/mol. The first-order valence-corrected chi connectivity index (χ1v) is 12.0. The van der Waals surface area contributed by atoms with Crippen LogP contribution >= 0.6 is 11.9 Å². The molecule has 1 atom stereocenters. The molecule has 1 aliphatic rings. The standard InChI is InChI=1S/C25H30F6N2OS/c1-23(2,3)15-34-20-13-21-19(12-18(20)25(29,30)31)33(17-8-6-16(26)7-9-17)14-24(4,32(5)35-21)11-10-22(27)28/h6-9,12-13,22H,10-11,14-15H2,1-5H3. The van der Waals surface area contributed by atoms with Crippen LogP contribution in [0.4, 0.5) is 37.7 Å². The van der Waals surface area contributed by atoms with Crippen molar-refractivity contribution in [1.29, 1.82) is 0 Å². The molecule has 0 aliphatic carbocycles. The fraction of sp³-hybridized carbons (Fsp3) is 0.520. The summed E-state index contributed by atoms with van der Waals surface area (Å²) in [5, 5.41) is 0. The minimum absolute atomic E-state index is 0.0726. The maximum absolute atomic E-state index is 14.1. The number of benzene rings is 2. The second-order valence-electron chi connectivity index (χ2n) is 10.2. The molecule has 0 spiro atoms. The van der Waals surface area contributed by atoms with Gasteiger partial charge in [-0.05, 0) is 74.2 Å². The first kappa shape index (κ1) is 27.5. The molecule has 194 valence electrons. The number of likely N-dealkylation sites (N-methyl/N-ethyl adjacent to an activating group) is 1. The molecule has 1 heterocycles. The SMILES string of the molecule is CN1Sc2cc(OCC(C)(C)C)c(C(F)(F)F)cc2N(c2ccc(F)cc2)CC1(C)CCC(F)F. The molecule has 3 nitrogen and oxygen atoms in total. The van der Waals surface area contributed by atoms with Gasteiger partial charge in [0.05, 0.1) is 22.8 Å². The summed E-state index contributed by atoms with van der Waals surface area (Å²) >= 11 is 1.19. The highest BCUT2D eigenvalue weighted by molar-refractivity contribution is 7.97. The van der Waals surface area contributed by atoms with Crippen LogP contribution in [-0.2, 0) is 6.18 Å². The minimum Gasteiger partial charge on any atom is -0.492 e. The molecule has 0 saturated carbocycles. The summed E-state index contributed by atoms with van der Waals surface area (Å²) in [7, 11) is 1.74. The Balaban J connectivity index is 2.17. The van der Waals surface area contributed by atoms with Crippen molar-refractivity contribution >= 4 is 23.3 Å². The van der Waals surface area contributed by atoms with Crippen molar-refractivity contribution < 1.29 is 31.1 Å². The van der Waals surface area contributed by atoms with Gasteiger partial charge in [-0.3, -0.25) is 0 Å². The van der Waals surface area contributed by atoms with Gasteiger partial charge >= 0.3 is 6.18 Å². The van der Waals surface area contributed by atoms with E-state index in [-0.39, 0.29) is 42.8 Å². The third-order valence-corrected chi connectivity index (χ3v) is 7.09. The van der Waals surface area contributed by atoms with E-state index in [1.807, 2.05) is 20.8 Å². The maximum Gasteiger partial charge on any atom is 0.420 e. The van der Waals surface area contributed by atoms with E-state index >= 15 is 0 Å². The fourth-order valence-corrected chi connectivity index (χ4v) is 4.85. The van der Waals surface area contributed by atoms with Crippen LogP contribution in [-0.4, -0.2) is 36.5 Å². The summed E-state index contributed by atoms with van der Waals surface area (Å²) in [5.41, 5.74) is -1.40. The highest BCUT2D eigenvalue weighted by Crippen LogP contribution is 2.49. The molecule has 0 N–H and O–H groups in total. The molecule has 0 aromatic heterocycles. The van der Waals surface area contributed by atoms with Crippen molar-refractivity contribution in [2.24, 2.45) is 5.41 Å². The van der Waals surface area contributed by atoms with E-state index in [2.05, 4.69) is 0 Å². The first-order valence-electron chi connectivity index (χ1n) is 11.2. The number of anilines is 2. The van der Waals surface area contributed by atoms with Crippen LogP contribution in [0.1, 0.15) is 46.1 Å². The summed E-state index contributed by atoms with van der Waals surface area (Å²) in [6, 6.07) is 7.79. The monoisotopic (exact) mass is 520 g/mol. The number of rotatable bonds is 6. The van der Waals surface area contributed by atoms with Crippen LogP contribution < -0.4 is 9.64 Å². The Morgan fingerprint density at radius 3 is 2.26 bits per heavy atom. The quantitative estimate of drug-likeness (QED) is 0.282. The van der Waals surface area contributed by atoms with Crippen LogP contribution in [0, 0.1) is 11.2 Å². The van der Waals surface area contributed by atoms with Crippen molar-refractivity contribution in [1.82, 2.24) is 4.31 Å². The number of nitrogens with zero attached hydrogens (tertiary/aromatic N) is 2. The van der Waals surface area contributed by atoms with Crippen molar-refractivity contribution in [3.8, 4) is 5.75 Å². The Morgan fingerprint density at radius 2 is 1.71 bits per heavy atom. The van der Waals surface area contributed by atoms with Gasteiger partial charge in [-0.15, -0.1) is 0 Å². The molecular formula is C25H30F6N2OS. The molecule has 0 radical (unpaired) electrons. The van der Waals surface area contributed by atoms with E-state index in [0.717, 1.165) is 6.07 Å². The predicted octanol–water partition coefficient (Wildman–Crippen LogP) is 8.16. The third-order valence-electron chi connectivity index (χ3n) is 5.85. The van der Waals surface area contributed by atoms with Gasteiger partial charge in [0.2, 0.25) is 6.43 Å². The Hall–Kier alpha value is -2.07. The molecule has 1 unspecified atom stereocenters. The molecule has 0 saturated heterocycles. The van der Waals surface area contributed by atoms with Gasteiger partial charge in [-0.2, -0.15) is 13.2 Å². The smallest absolute Gasteiger partial charge is 0.420 e. The molecule has 2 aromatic carbocycles. The summed E-state index contributed by atoms with van der Waals surface area (Å²) in [6.07, 6.45) is -7.44. The first-order chi connectivity index (χ1) is 16.1. The molecule has 35 heavy (non-hydrogen) atoms. The largest absolute Gasteiger partial charge is 0.492 e. The van der Waals surface area contributed by atoms with E-state index in [9.17, 15) is 26.3 Å². The lowest BCUT2D eigenvalue weighted by Gasteiger charge is -2.39. The third kappa shape index (κ3) is 6.78. The van der Waals surface area contributed by atoms with Gasteiger partial charge < -0.3 is 9.64 Å². The minimum atomic E-state index is -4.68.